The zero-order valence-electron chi connectivity index (χ0n) is 9.22. The van der Waals surface area contributed by atoms with Crippen LogP contribution in [-0.4, -0.2) is 13.1 Å². The summed E-state index contributed by atoms with van der Waals surface area (Å²) in [6.45, 7) is 4.26. The summed E-state index contributed by atoms with van der Waals surface area (Å²) in [5.74, 6) is 0.456. The van der Waals surface area contributed by atoms with E-state index in [1.54, 1.807) is 12.1 Å². The first kappa shape index (κ1) is 10.6. The first-order valence-corrected chi connectivity index (χ1v) is 5.80. The number of hydrogen-bond donors (Lipinski definition) is 1. The van der Waals surface area contributed by atoms with E-state index in [1.807, 2.05) is 6.07 Å². The third-order valence-corrected chi connectivity index (χ3v) is 3.27. The largest absolute Gasteiger partial charge is 0.317 e. The summed E-state index contributed by atoms with van der Waals surface area (Å²) >= 11 is 0. The van der Waals surface area contributed by atoms with E-state index in [2.05, 4.69) is 12.2 Å². The molecule has 0 atom stereocenters. The van der Waals surface area contributed by atoms with Gasteiger partial charge in [0.25, 0.3) is 0 Å². The van der Waals surface area contributed by atoms with Gasteiger partial charge in [-0.05, 0) is 61.5 Å². The highest BCUT2D eigenvalue weighted by Crippen LogP contribution is 2.28. The fourth-order valence-corrected chi connectivity index (χ4v) is 2.40. The van der Waals surface area contributed by atoms with Crippen molar-refractivity contribution < 1.29 is 4.39 Å². The van der Waals surface area contributed by atoms with Crippen molar-refractivity contribution in [2.24, 2.45) is 0 Å². The minimum absolute atomic E-state index is 0.0965. The van der Waals surface area contributed by atoms with E-state index in [0.29, 0.717) is 5.92 Å². The standard InChI is InChI=1S/C13H18FN/c1-2-10-3-4-12(14)9-13(10)11-5-7-15-8-6-11/h3-4,9,11,15H,2,5-8H2,1H3. The van der Waals surface area contributed by atoms with Crippen molar-refractivity contribution >= 4 is 0 Å². The number of piperidine rings is 1. The molecule has 1 aliphatic heterocycles. The van der Waals surface area contributed by atoms with Crippen molar-refractivity contribution in [2.75, 3.05) is 13.1 Å². The van der Waals surface area contributed by atoms with Gasteiger partial charge in [0.05, 0.1) is 0 Å². The Morgan fingerprint density at radius 3 is 2.73 bits per heavy atom. The maximum Gasteiger partial charge on any atom is 0.123 e. The van der Waals surface area contributed by atoms with Gasteiger partial charge in [-0.2, -0.15) is 0 Å². The molecule has 0 spiro atoms. The van der Waals surface area contributed by atoms with E-state index in [4.69, 9.17) is 0 Å². The van der Waals surface area contributed by atoms with Crippen LogP contribution >= 0.6 is 0 Å². The molecular formula is C13H18FN. The molecule has 82 valence electrons. The van der Waals surface area contributed by atoms with Crippen LogP contribution in [0.5, 0.6) is 0 Å². The molecule has 0 saturated carbocycles. The summed E-state index contributed by atoms with van der Waals surface area (Å²) in [5.41, 5.74) is 2.54. The molecule has 2 heteroatoms. The van der Waals surface area contributed by atoms with Gasteiger partial charge >= 0.3 is 0 Å². The lowest BCUT2D eigenvalue weighted by Gasteiger charge is -2.25. The van der Waals surface area contributed by atoms with Crippen LogP contribution in [-0.2, 0) is 6.42 Å². The van der Waals surface area contributed by atoms with Crippen LogP contribution in [0, 0.1) is 5.82 Å². The van der Waals surface area contributed by atoms with Crippen LogP contribution in [0.3, 0.4) is 0 Å². The Morgan fingerprint density at radius 1 is 1.33 bits per heavy atom. The Kier molecular flexibility index (Phi) is 3.37. The van der Waals surface area contributed by atoms with Gasteiger partial charge in [-0.15, -0.1) is 0 Å². The normalized spacial score (nSPS) is 18.0. The number of aryl methyl sites for hydroxylation is 1. The van der Waals surface area contributed by atoms with Crippen LogP contribution in [0.15, 0.2) is 18.2 Å². The molecule has 1 aromatic rings. The summed E-state index contributed by atoms with van der Waals surface area (Å²) < 4.78 is 13.2. The van der Waals surface area contributed by atoms with E-state index < -0.39 is 0 Å². The molecule has 0 aromatic heterocycles. The average molecular weight is 207 g/mol. The molecule has 1 heterocycles. The van der Waals surface area contributed by atoms with E-state index in [-0.39, 0.29) is 5.82 Å². The predicted molar refractivity (Wildman–Crippen MR) is 60.6 cm³/mol. The number of nitrogens with one attached hydrogen (secondary N) is 1. The van der Waals surface area contributed by atoms with Crippen LogP contribution in [0.4, 0.5) is 4.39 Å². The summed E-state index contributed by atoms with van der Waals surface area (Å²) in [6.07, 6.45) is 3.27. The second kappa shape index (κ2) is 4.75. The Hall–Kier alpha value is -0.890. The number of halogens is 1. The molecule has 1 aromatic carbocycles. The molecule has 0 aliphatic carbocycles. The van der Waals surface area contributed by atoms with Crippen LogP contribution in [0.1, 0.15) is 36.8 Å². The molecule has 0 unspecified atom stereocenters. The van der Waals surface area contributed by atoms with Crippen LogP contribution in [0.2, 0.25) is 0 Å². The van der Waals surface area contributed by atoms with Gasteiger partial charge in [-0.1, -0.05) is 13.0 Å². The smallest absolute Gasteiger partial charge is 0.123 e. The topological polar surface area (TPSA) is 12.0 Å². The van der Waals surface area contributed by atoms with Gasteiger partial charge in [0.15, 0.2) is 0 Å². The number of rotatable bonds is 2. The quantitative estimate of drug-likeness (QED) is 0.786. The highest BCUT2D eigenvalue weighted by molar-refractivity contribution is 5.31. The first-order valence-electron chi connectivity index (χ1n) is 5.80. The van der Waals surface area contributed by atoms with E-state index in [0.717, 1.165) is 32.4 Å². The molecule has 15 heavy (non-hydrogen) atoms. The highest BCUT2D eigenvalue weighted by atomic mass is 19.1. The lowest BCUT2D eigenvalue weighted by molar-refractivity contribution is 0.456. The Labute approximate surface area is 90.7 Å². The lowest BCUT2D eigenvalue weighted by atomic mass is 9.86. The molecule has 1 nitrogen and oxygen atoms in total. The Bertz CT molecular complexity index is 329. The van der Waals surface area contributed by atoms with Crippen molar-refractivity contribution in [3.8, 4) is 0 Å². The molecule has 0 amide bonds. The van der Waals surface area contributed by atoms with Gasteiger partial charge < -0.3 is 5.32 Å². The third kappa shape index (κ3) is 2.37. The first-order chi connectivity index (χ1) is 7.31. The molecule has 0 bridgehead atoms. The Morgan fingerprint density at radius 2 is 2.07 bits per heavy atom. The molecule has 2 rings (SSSR count). The Balaban J connectivity index is 2.27. The van der Waals surface area contributed by atoms with Gasteiger partial charge in [0.1, 0.15) is 5.82 Å². The van der Waals surface area contributed by atoms with E-state index >= 15 is 0 Å². The molecule has 1 saturated heterocycles. The summed E-state index contributed by atoms with van der Waals surface area (Å²) in [7, 11) is 0. The molecular weight excluding hydrogens is 189 g/mol. The van der Waals surface area contributed by atoms with E-state index in [9.17, 15) is 4.39 Å². The summed E-state index contributed by atoms with van der Waals surface area (Å²) in [5, 5.41) is 3.34. The zero-order chi connectivity index (χ0) is 10.7. The van der Waals surface area contributed by atoms with Gasteiger partial charge in [0.2, 0.25) is 0 Å². The van der Waals surface area contributed by atoms with Gasteiger partial charge in [-0.3, -0.25) is 0 Å². The van der Waals surface area contributed by atoms with Crippen molar-refractivity contribution in [3.05, 3.63) is 35.1 Å². The zero-order valence-corrected chi connectivity index (χ0v) is 9.22. The molecule has 1 aliphatic rings. The molecule has 1 fully saturated rings. The van der Waals surface area contributed by atoms with Crippen LogP contribution < -0.4 is 5.32 Å². The maximum atomic E-state index is 13.2. The van der Waals surface area contributed by atoms with Crippen molar-refractivity contribution in [1.29, 1.82) is 0 Å². The summed E-state index contributed by atoms with van der Waals surface area (Å²) in [6, 6.07) is 5.24. The molecule has 0 radical (unpaired) electrons. The second-order valence-corrected chi connectivity index (χ2v) is 4.22. The minimum Gasteiger partial charge on any atom is -0.317 e. The molecule has 1 N–H and O–H groups in total. The minimum atomic E-state index is -0.0965. The second-order valence-electron chi connectivity index (χ2n) is 4.22. The average Bonchev–Trinajstić information content (AvgIpc) is 2.30. The third-order valence-electron chi connectivity index (χ3n) is 3.27. The van der Waals surface area contributed by atoms with Crippen LogP contribution in [0.25, 0.3) is 0 Å². The SMILES string of the molecule is CCc1ccc(F)cc1C1CCNCC1. The number of hydrogen-bond acceptors (Lipinski definition) is 1. The lowest BCUT2D eigenvalue weighted by Crippen LogP contribution is -2.27. The maximum absolute atomic E-state index is 13.2. The summed E-state index contributed by atoms with van der Waals surface area (Å²) in [4.78, 5) is 0. The van der Waals surface area contributed by atoms with Gasteiger partial charge in [0, 0.05) is 0 Å². The number of benzene rings is 1. The predicted octanol–water partition coefficient (Wildman–Crippen LogP) is 2.86. The van der Waals surface area contributed by atoms with E-state index in [1.165, 1.54) is 11.1 Å². The van der Waals surface area contributed by atoms with Gasteiger partial charge in [-0.25, -0.2) is 4.39 Å². The fraction of sp³-hybridized carbons (Fsp3) is 0.538. The van der Waals surface area contributed by atoms with Crippen molar-refractivity contribution in [3.63, 3.8) is 0 Å². The van der Waals surface area contributed by atoms with Crippen molar-refractivity contribution in [2.45, 2.75) is 32.1 Å². The van der Waals surface area contributed by atoms with Crippen molar-refractivity contribution in [1.82, 2.24) is 5.32 Å². The highest BCUT2D eigenvalue weighted by Gasteiger charge is 2.17. The fourth-order valence-electron chi connectivity index (χ4n) is 2.40. The monoisotopic (exact) mass is 207 g/mol.